The molecule has 0 aromatic heterocycles. The van der Waals surface area contributed by atoms with E-state index in [1.807, 2.05) is 12.1 Å². The maximum Gasteiger partial charge on any atom is 0.416 e. The maximum absolute atomic E-state index is 12.8. The lowest BCUT2D eigenvalue weighted by molar-refractivity contribution is -0.137. The number of ether oxygens (including phenoxy) is 1. The van der Waals surface area contributed by atoms with Crippen LogP contribution in [0.15, 0.2) is 36.4 Å². The molecule has 2 amide bonds. The fourth-order valence-electron chi connectivity index (χ4n) is 2.92. The van der Waals surface area contributed by atoms with Crippen molar-refractivity contribution in [3.05, 3.63) is 58.7 Å². The smallest absolute Gasteiger partial charge is 0.416 e. The van der Waals surface area contributed by atoms with Gasteiger partial charge in [0.2, 0.25) is 0 Å². The lowest BCUT2D eigenvalue weighted by Crippen LogP contribution is -2.37. The third-order valence-electron chi connectivity index (χ3n) is 4.29. The number of nitrogens with one attached hydrogen (secondary N) is 2. The number of benzene rings is 2. The summed E-state index contributed by atoms with van der Waals surface area (Å²) in [6.07, 6.45) is -4.46. The van der Waals surface area contributed by atoms with Gasteiger partial charge in [-0.25, -0.2) is 0 Å². The van der Waals surface area contributed by atoms with Crippen LogP contribution in [-0.2, 0) is 15.8 Å². The normalized spacial score (nSPS) is 16.6. The predicted molar refractivity (Wildman–Crippen MR) is 92.4 cm³/mol. The van der Waals surface area contributed by atoms with Crippen molar-refractivity contribution in [3.8, 4) is 5.75 Å². The van der Waals surface area contributed by atoms with Crippen LogP contribution in [0.5, 0.6) is 5.75 Å². The Morgan fingerprint density at radius 3 is 2.37 bits per heavy atom. The van der Waals surface area contributed by atoms with Crippen molar-refractivity contribution in [1.29, 1.82) is 0 Å². The number of carbonyl (C=O) groups is 2. The maximum atomic E-state index is 12.8. The summed E-state index contributed by atoms with van der Waals surface area (Å²) in [4.78, 5) is 24.7. The van der Waals surface area contributed by atoms with Gasteiger partial charge in [-0.2, -0.15) is 13.2 Å². The molecule has 1 heterocycles. The highest BCUT2D eigenvalue weighted by Gasteiger charge is 2.32. The molecule has 1 aliphatic heterocycles. The van der Waals surface area contributed by atoms with E-state index in [9.17, 15) is 22.8 Å². The van der Waals surface area contributed by atoms with Crippen LogP contribution < -0.4 is 15.4 Å². The summed E-state index contributed by atoms with van der Waals surface area (Å²) in [5.74, 6) is -0.568. The molecule has 0 bridgehead atoms. The number of rotatable bonds is 2. The minimum atomic E-state index is -4.46. The minimum Gasteiger partial charge on any atom is -0.483 e. The van der Waals surface area contributed by atoms with Crippen LogP contribution >= 0.6 is 0 Å². The molecule has 2 N–H and O–H groups in total. The summed E-state index contributed by atoms with van der Waals surface area (Å²) in [7, 11) is 0. The molecule has 2 aromatic rings. The third-order valence-corrected chi connectivity index (χ3v) is 4.29. The summed E-state index contributed by atoms with van der Waals surface area (Å²) >= 11 is 0. The van der Waals surface area contributed by atoms with E-state index in [0.717, 1.165) is 23.3 Å². The zero-order valence-electron chi connectivity index (χ0n) is 14.6. The average molecular weight is 378 g/mol. The second-order valence-corrected chi connectivity index (χ2v) is 6.30. The van der Waals surface area contributed by atoms with E-state index in [4.69, 9.17) is 4.74 Å². The molecule has 0 radical (unpaired) electrons. The second-order valence-electron chi connectivity index (χ2n) is 6.30. The molecule has 0 aliphatic carbocycles. The van der Waals surface area contributed by atoms with Crippen LogP contribution in [0, 0.1) is 13.8 Å². The molecule has 0 fully saturated rings. The number of carbonyl (C=O) groups excluding carboxylic acids is 2. The molecule has 8 heteroatoms. The third kappa shape index (κ3) is 3.89. The van der Waals surface area contributed by atoms with Crippen molar-refractivity contribution in [2.24, 2.45) is 0 Å². The number of halogens is 3. The monoisotopic (exact) mass is 378 g/mol. The van der Waals surface area contributed by atoms with Crippen LogP contribution in [0.3, 0.4) is 0 Å². The number of fused-ring (bicyclic) bond motifs is 1. The van der Waals surface area contributed by atoms with Crippen molar-refractivity contribution in [2.45, 2.75) is 26.1 Å². The number of amides is 2. The molecule has 2 aromatic carbocycles. The van der Waals surface area contributed by atoms with Gasteiger partial charge < -0.3 is 15.4 Å². The molecule has 3 rings (SSSR count). The van der Waals surface area contributed by atoms with Gasteiger partial charge in [0.1, 0.15) is 11.8 Å². The lowest BCUT2D eigenvalue weighted by Gasteiger charge is -2.20. The Labute approximate surface area is 153 Å². The zero-order chi connectivity index (χ0) is 19.8. The highest BCUT2D eigenvalue weighted by atomic mass is 19.4. The standard InChI is InChI=1S/C19H17F3N2O3/c1-10-3-4-11(2)17-15(10)16(24-14(25)9-27-17)18(26)23-13-7-5-12(6-8-13)19(20,21)22/h3-8,16H,9H2,1-2H3,(H,23,26)(H,24,25). The largest absolute Gasteiger partial charge is 0.483 e. The van der Waals surface area contributed by atoms with E-state index >= 15 is 0 Å². The van der Waals surface area contributed by atoms with Crippen LogP contribution in [-0.4, -0.2) is 18.4 Å². The Balaban J connectivity index is 1.90. The van der Waals surface area contributed by atoms with E-state index in [1.165, 1.54) is 12.1 Å². The van der Waals surface area contributed by atoms with Gasteiger partial charge in [-0.15, -0.1) is 0 Å². The van der Waals surface area contributed by atoms with Crippen LogP contribution in [0.2, 0.25) is 0 Å². The fraction of sp³-hybridized carbons (Fsp3) is 0.263. The fourth-order valence-corrected chi connectivity index (χ4v) is 2.92. The molecule has 1 atom stereocenters. The van der Waals surface area contributed by atoms with Gasteiger partial charge in [-0.1, -0.05) is 12.1 Å². The Hall–Kier alpha value is -3.03. The van der Waals surface area contributed by atoms with E-state index in [0.29, 0.717) is 11.3 Å². The van der Waals surface area contributed by atoms with E-state index in [2.05, 4.69) is 10.6 Å². The Morgan fingerprint density at radius 1 is 1.11 bits per heavy atom. The first-order valence-corrected chi connectivity index (χ1v) is 8.17. The Morgan fingerprint density at radius 2 is 1.74 bits per heavy atom. The summed E-state index contributed by atoms with van der Waals surface area (Å²) in [5, 5.41) is 5.15. The first-order valence-electron chi connectivity index (χ1n) is 8.17. The van der Waals surface area contributed by atoms with Crippen LogP contribution in [0.25, 0.3) is 0 Å². The highest BCUT2D eigenvalue weighted by molar-refractivity contribution is 5.99. The number of alkyl halides is 3. The molecule has 27 heavy (non-hydrogen) atoms. The molecular weight excluding hydrogens is 361 g/mol. The van der Waals surface area contributed by atoms with Crippen molar-refractivity contribution in [1.82, 2.24) is 5.32 Å². The summed E-state index contributed by atoms with van der Waals surface area (Å²) in [6, 6.07) is 6.72. The van der Waals surface area contributed by atoms with Gasteiger partial charge in [0.05, 0.1) is 5.56 Å². The SMILES string of the molecule is Cc1ccc(C)c2c1OCC(=O)NC2C(=O)Nc1ccc(C(F)(F)F)cc1. The molecule has 142 valence electrons. The molecular formula is C19H17F3N2O3. The van der Waals surface area contributed by atoms with Gasteiger partial charge in [0.25, 0.3) is 11.8 Å². The molecule has 0 saturated carbocycles. The summed E-state index contributed by atoms with van der Waals surface area (Å²) in [5.41, 5.74) is 1.45. The second kappa shape index (κ2) is 6.94. The van der Waals surface area contributed by atoms with Crippen LogP contribution in [0.4, 0.5) is 18.9 Å². The summed E-state index contributed by atoms with van der Waals surface area (Å²) in [6.45, 7) is 3.37. The van der Waals surface area contributed by atoms with Crippen molar-refractivity contribution in [2.75, 3.05) is 11.9 Å². The van der Waals surface area contributed by atoms with E-state index < -0.39 is 29.6 Å². The first kappa shape index (κ1) is 18.8. The van der Waals surface area contributed by atoms with Gasteiger partial charge in [0, 0.05) is 11.3 Å². The first-order chi connectivity index (χ1) is 12.7. The Kier molecular flexibility index (Phi) is 4.82. The number of hydrogen-bond donors (Lipinski definition) is 2. The quantitative estimate of drug-likeness (QED) is 0.840. The lowest BCUT2D eigenvalue weighted by atomic mass is 9.96. The average Bonchev–Trinajstić information content (AvgIpc) is 2.78. The molecule has 0 spiro atoms. The van der Waals surface area contributed by atoms with Gasteiger partial charge in [0.15, 0.2) is 6.61 Å². The Bertz CT molecular complexity index is 892. The number of anilines is 1. The zero-order valence-corrected chi connectivity index (χ0v) is 14.6. The molecule has 5 nitrogen and oxygen atoms in total. The highest BCUT2D eigenvalue weighted by Crippen LogP contribution is 2.35. The van der Waals surface area contributed by atoms with Gasteiger partial charge in [-0.05, 0) is 49.2 Å². The van der Waals surface area contributed by atoms with Gasteiger partial charge >= 0.3 is 6.18 Å². The predicted octanol–water partition coefficient (Wildman–Crippen LogP) is 3.51. The molecule has 1 aliphatic rings. The van der Waals surface area contributed by atoms with Crippen LogP contribution in [0.1, 0.15) is 28.3 Å². The van der Waals surface area contributed by atoms with Crippen molar-refractivity contribution < 1.29 is 27.5 Å². The van der Waals surface area contributed by atoms with Gasteiger partial charge in [-0.3, -0.25) is 9.59 Å². The summed E-state index contributed by atoms with van der Waals surface area (Å²) < 4.78 is 43.5. The topological polar surface area (TPSA) is 67.4 Å². The molecule has 0 saturated heterocycles. The van der Waals surface area contributed by atoms with Crippen molar-refractivity contribution >= 4 is 17.5 Å². The number of hydrogen-bond acceptors (Lipinski definition) is 3. The van der Waals surface area contributed by atoms with Crippen molar-refractivity contribution in [3.63, 3.8) is 0 Å². The molecule has 1 unspecified atom stereocenters. The van der Waals surface area contributed by atoms with E-state index in [1.54, 1.807) is 13.8 Å². The number of aryl methyl sites for hydroxylation is 2. The van der Waals surface area contributed by atoms with E-state index in [-0.39, 0.29) is 12.3 Å². The minimum absolute atomic E-state index is 0.194.